The van der Waals surface area contributed by atoms with Crippen molar-refractivity contribution in [2.75, 3.05) is 0 Å². The fraction of sp³-hybridized carbons (Fsp3) is 0.182. The van der Waals surface area contributed by atoms with Crippen molar-refractivity contribution >= 4 is 11.3 Å². The van der Waals surface area contributed by atoms with E-state index in [0.717, 1.165) is 5.56 Å². The first-order valence-corrected chi connectivity index (χ1v) is 5.52. The van der Waals surface area contributed by atoms with E-state index in [0.29, 0.717) is 11.3 Å². The topological polar surface area (TPSA) is 38.9 Å². The molecular formula is C11H11FN2S. The van der Waals surface area contributed by atoms with Crippen LogP contribution in [0, 0.1) is 12.7 Å². The van der Waals surface area contributed by atoms with Crippen LogP contribution in [0.25, 0.3) is 0 Å². The van der Waals surface area contributed by atoms with E-state index in [4.69, 9.17) is 5.73 Å². The van der Waals surface area contributed by atoms with Gasteiger partial charge in [-0.05, 0) is 13.0 Å². The number of aryl methyl sites for hydroxylation is 1. The summed E-state index contributed by atoms with van der Waals surface area (Å²) in [5.74, 6) is -0.277. The van der Waals surface area contributed by atoms with Gasteiger partial charge in [-0.2, -0.15) is 0 Å². The molecule has 0 amide bonds. The molecule has 0 bridgehead atoms. The molecule has 2 rings (SSSR count). The molecule has 4 heteroatoms. The zero-order valence-electron chi connectivity index (χ0n) is 8.27. The normalized spacial score (nSPS) is 12.7. The molecule has 0 fully saturated rings. The maximum absolute atomic E-state index is 13.5. The summed E-state index contributed by atoms with van der Waals surface area (Å²) >= 11 is 1.46. The van der Waals surface area contributed by atoms with Gasteiger partial charge in [0.2, 0.25) is 0 Å². The van der Waals surface area contributed by atoms with Crippen LogP contribution in [0.5, 0.6) is 0 Å². The van der Waals surface area contributed by atoms with Gasteiger partial charge in [-0.1, -0.05) is 17.7 Å². The van der Waals surface area contributed by atoms with Gasteiger partial charge in [-0.15, -0.1) is 11.3 Å². The highest BCUT2D eigenvalue weighted by Gasteiger charge is 2.14. The summed E-state index contributed by atoms with van der Waals surface area (Å²) in [5, 5.41) is 1.84. The Morgan fingerprint density at radius 3 is 2.93 bits per heavy atom. The maximum Gasteiger partial charge on any atom is 0.128 e. The molecule has 1 unspecified atom stereocenters. The van der Waals surface area contributed by atoms with Gasteiger partial charge in [-0.3, -0.25) is 0 Å². The van der Waals surface area contributed by atoms with Gasteiger partial charge >= 0.3 is 0 Å². The largest absolute Gasteiger partial charge is 0.319 e. The van der Waals surface area contributed by atoms with Crippen LogP contribution < -0.4 is 5.73 Å². The number of benzene rings is 1. The van der Waals surface area contributed by atoms with Crippen molar-refractivity contribution in [2.45, 2.75) is 13.0 Å². The Bertz CT molecular complexity index is 454. The van der Waals surface area contributed by atoms with Gasteiger partial charge in [0, 0.05) is 10.9 Å². The number of nitrogens with zero attached hydrogens (tertiary/aromatic N) is 1. The number of hydrogen-bond donors (Lipinski definition) is 1. The highest BCUT2D eigenvalue weighted by Crippen LogP contribution is 2.22. The number of nitrogens with two attached hydrogens (primary N) is 1. The van der Waals surface area contributed by atoms with Gasteiger partial charge in [0.1, 0.15) is 5.82 Å². The van der Waals surface area contributed by atoms with Crippen LogP contribution in [0.1, 0.15) is 22.9 Å². The molecule has 0 aliphatic heterocycles. The van der Waals surface area contributed by atoms with E-state index in [-0.39, 0.29) is 5.82 Å². The molecule has 0 aliphatic carbocycles. The Morgan fingerprint density at radius 1 is 1.47 bits per heavy atom. The average molecular weight is 222 g/mol. The van der Waals surface area contributed by atoms with Crippen LogP contribution >= 0.6 is 11.3 Å². The first kappa shape index (κ1) is 10.3. The van der Waals surface area contributed by atoms with E-state index < -0.39 is 6.04 Å². The molecule has 15 heavy (non-hydrogen) atoms. The van der Waals surface area contributed by atoms with Crippen LogP contribution in [-0.2, 0) is 0 Å². The highest BCUT2D eigenvalue weighted by atomic mass is 32.1. The first-order valence-electron chi connectivity index (χ1n) is 4.58. The van der Waals surface area contributed by atoms with Crippen molar-refractivity contribution in [2.24, 2.45) is 5.73 Å². The molecule has 0 aliphatic rings. The molecule has 2 N–H and O–H groups in total. The number of rotatable bonds is 2. The van der Waals surface area contributed by atoms with E-state index in [1.54, 1.807) is 17.6 Å². The lowest BCUT2D eigenvalue weighted by molar-refractivity contribution is 0.597. The van der Waals surface area contributed by atoms with Gasteiger partial charge in [0.15, 0.2) is 0 Å². The summed E-state index contributed by atoms with van der Waals surface area (Å²) in [6, 6.07) is 4.46. The quantitative estimate of drug-likeness (QED) is 0.848. The lowest BCUT2D eigenvalue weighted by Gasteiger charge is -2.11. The van der Waals surface area contributed by atoms with Crippen LogP contribution in [-0.4, -0.2) is 4.98 Å². The molecule has 1 heterocycles. The molecule has 78 valence electrons. The van der Waals surface area contributed by atoms with Crippen molar-refractivity contribution in [3.8, 4) is 0 Å². The predicted molar refractivity (Wildman–Crippen MR) is 59.3 cm³/mol. The Labute approximate surface area is 91.6 Å². The molecule has 0 radical (unpaired) electrons. The van der Waals surface area contributed by atoms with Crippen LogP contribution in [0.4, 0.5) is 4.39 Å². The zero-order valence-corrected chi connectivity index (χ0v) is 9.09. The first-order chi connectivity index (χ1) is 7.18. The van der Waals surface area contributed by atoms with E-state index in [9.17, 15) is 4.39 Å². The lowest BCUT2D eigenvalue weighted by Crippen LogP contribution is -2.14. The van der Waals surface area contributed by atoms with Crippen LogP contribution in [0.3, 0.4) is 0 Å². The van der Waals surface area contributed by atoms with Crippen molar-refractivity contribution in [3.05, 3.63) is 51.7 Å². The van der Waals surface area contributed by atoms with Gasteiger partial charge in [0.25, 0.3) is 0 Å². The molecule has 1 atom stereocenters. The smallest absolute Gasteiger partial charge is 0.128 e. The molecule has 2 aromatic rings. The highest BCUT2D eigenvalue weighted by molar-refractivity contribution is 7.07. The van der Waals surface area contributed by atoms with Gasteiger partial charge < -0.3 is 5.73 Å². The summed E-state index contributed by atoms with van der Waals surface area (Å²) in [6.07, 6.45) is 0. The molecule has 0 spiro atoms. The Morgan fingerprint density at radius 2 is 2.27 bits per heavy atom. The zero-order chi connectivity index (χ0) is 10.8. The van der Waals surface area contributed by atoms with Crippen LogP contribution in [0.2, 0.25) is 0 Å². The predicted octanol–water partition coefficient (Wildman–Crippen LogP) is 2.64. The molecule has 1 aromatic carbocycles. The summed E-state index contributed by atoms with van der Waals surface area (Å²) in [7, 11) is 0. The fourth-order valence-corrected chi connectivity index (χ4v) is 2.03. The molecule has 0 saturated carbocycles. The van der Waals surface area contributed by atoms with Gasteiger partial charge in [0.05, 0.1) is 17.2 Å². The summed E-state index contributed by atoms with van der Waals surface area (Å²) < 4.78 is 13.5. The van der Waals surface area contributed by atoms with Crippen molar-refractivity contribution < 1.29 is 4.39 Å². The monoisotopic (exact) mass is 222 g/mol. The number of halogens is 1. The third kappa shape index (κ3) is 2.06. The third-order valence-corrected chi connectivity index (χ3v) is 2.86. The van der Waals surface area contributed by atoms with Crippen LogP contribution in [0.15, 0.2) is 29.1 Å². The number of aromatic nitrogens is 1. The van der Waals surface area contributed by atoms with E-state index in [1.807, 2.05) is 12.3 Å². The third-order valence-electron chi connectivity index (χ3n) is 2.26. The summed E-state index contributed by atoms with van der Waals surface area (Å²) in [5.41, 5.74) is 9.84. The second-order valence-corrected chi connectivity index (χ2v) is 4.13. The van der Waals surface area contributed by atoms with E-state index >= 15 is 0 Å². The molecular weight excluding hydrogens is 211 g/mol. The molecule has 1 aromatic heterocycles. The summed E-state index contributed by atoms with van der Waals surface area (Å²) in [4.78, 5) is 4.09. The fourth-order valence-electron chi connectivity index (χ4n) is 1.44. The number of hydrogen-bond acceptors (Lipinski definition) is 3. The lowest BCUT2D eigenvalue weighted by atomic mass is 10.0. The van der Waals surface area contributed by atoms with E-state index in [1.165, 1.54) is 17.4 Å². The maximum atomic E-state index is 13.5. The van der Waals surface area contributed by atoms with E-state index in [2.05, 4.69) is 4.98 Å². The number of thiazole rings is 1. The minimum absolute atomic E-state index is 0.277. The standard InChI is InChI=1S/C11H11FN2S/c1-7-2-3-9(12)8(4-7)11(13)10-5-15-6-14-10/h2-6,11H,13H2,1H3. The average Bonchev–Trinajstić information content (AvgIpc) is 2.74. The Balaban J connectivity index is 2.41. The Hall–Kier alpha value is -1.26. The minimum atomic E-state index is -0.476. The minimum Gasteiger partial charge on any atom is -0.319 e. The van der Waals surface area contributed by atoms with Crippen molar-refractivity contribution in [3.63, 3.8) is 0 Å². The van der Waals surface area contributed by atoms with Gasteiger partial charge in [-0.25, -0.2) is 9.37 Å². The van der Waals surface area contributed by atoms with Crippen molar-refractivity contribution in [1.82, 2.24) is 4.98 Å². The van der Waals surface area contributed by atoms with Crippen molar-refractivity contribution in [1.29, 1.82) is 0 Å². The second kappa shape index (κ2) is 4.08. The summed E-state index contributed by atoms with van der Waals surface area (Å²) in [6.45, 7) is 1.91. The SMILES string of the molecule is Cc1ccc(F)c(C(N)c2cscn2)c1. The molecule has 0 saturated heterocycles. The Kier molecular flexibility index (Phi) is 2.79. The second-order valence-electron chi connectivity index (χ2n) is 3.42. The molecule has 2 nitrogen and oxygen atoms in total.